The van der Waals surface area contributed by atoms with E-state index in [1.807, 2.05) is 0 Å². The standard InChI is InChI=1S/C13H28/c1-7-12(8-2)11(5)13(6,9-3)10-4/h11-12H,7-10H2,1-6H3. The molecule has 0 aliphatic carbocycles. The third-order valence-electron chi connectivity index (χ3n) is 4.47. The summed E-state index contributed by atoms with van der Waals surface area (Å²) in [5.41, 5.74) is 0.566. The SMILES string of the molecule is CCC(CC)C(C)C(C)(CC)CC. The zero-order valence-corrected chi connectivity index (χ0v) is 10.5. The quantitative estimate of drug-likeness (QED) is 0.551. The molecule has 0 nitrogen and oxygen atoms in total. The molecule has 0 saturated heterocycles. The van der Waals surface area contributed by atoms with E-state index in [2.05, 4.69) is 41.5 Å². The van der Waals surface area contributed by atoms with Crippen molar-refractivity contribution in [3.8, 4) is 0 Å². The molecule has 0 aromatic carbocycles. The Morgan fingerprint density at radius 1 is 0.923 bits per heavy atom. The molecule has 0 aromatic rings. The molecular weight excluding hydrogens is 156 g/mol. The fraction of sp³-hybridized carbons (Fsp3) is 1.00. The molecule has 13 heavy (non-hydrogen) atoms. The van der Waals surface area contributed by atoms with Gasteiger partial charge in [-0.3, -0.25) is 0 Å². The molecule has 0 saturated carbocycles. The van der Waals surface area contributed by atoms with Crippen molar-refractivity contribution < 1.29 is 0 Å². The first-order chi connectivity index (χ1) is 6.05. The molecule has 0 aromatic heterocycles. The summed E-state index contributed by atoms with van der Waals surface area (Å²) in [6, 6.07) is 0. The average Bonchev–Trinajstić information content (AvgIpc) is 2.18. The number of rotatable bonds is 6. The highest BCUT2D eigenvalue weighted by atomic mass is 14.4. The van der Waals surface area contributed by atoms with Gasteiger partial charge in [0.15, 0.2) is 0 Å². The van der Waals surface area contributed by atoms with Crippen LogP contribution in [0.25, 0.3) is 0 Å². The molecule has 1 unspecified atom stereocenters. The summed E-state index contributed by atoms with van der Waals surface area (Å²) in [6.07, 6.45) is 5.32. The molecule has 0 aliphatic rings. The third kappa shape index (κ3) is 3.00. The van der Waals surface area contributed by atoms with Crippen LogP contribution in [-0.2, 0) is 0 Å². The highest BCUT2D eigenvalue weighted by Crippen LogP contribution is 2.40. The molecule has 0 spiro atoms. The predicted molar refractivity (Wildman–Crippen MR) is 61.9 cm³/mol. The molecular formula is C13H28. The number of hydrogen-bond donors (Lipinski definition) is 0. The van der Waals surface area contributed by atoms with E-state index >= 15 is 0 Å². The first kappa shape index (κ1) is 13.0. The van der Waals surface area contributed by atoms with Crippen LogP contribution in [0.5, 0.6) is 0 Å². The lowest BCUT2D eigenvalue weighted by Gasteiger charge is -2.38. The summed E-state index contributed by atoms with van der Waals surface area (Å²) in [5.74, 6) is 1.79. The van der Waals surface area contributed by atoms with Crippen molar-refractivity contribution in [3.63, 3.8) is 0 Å². The lowest BCUT2D eigenvalue weighted by Crippen LogP contribution is -2.29. The van der Waals surface area contributed by atoms with Crippen LogP contribution in [0.1, 0.15) is 67.2 Å². The monoisotopic (exact) mass is 184 g/mol. The fourth-order valence-corrected chi connectivity index (χ4v) is 2.46. The van der Waals surface area contributed by atoms with E-state index in [0.29, 0.717) is 5.41 Å². The molecule has 0 heteroatoms. The van der Waals surface area contributed by atoms with Crippen LogP contribution >= 0.6 is 0 Å². The van der Waals surface area contributed by atoms with Gasteiger partial charge in [0.1, 0.15) is 0 Å². The minimum absolute atomic E-state index is 0.566. The Morgan fingerprint density at radius 2 is 1.31 bits per heavy atom. The topological polar surface area (TPSA) is 0 Å². The third-order valence-corrected chi connectivity index (χ3v) is 4.47. The zero-order valence-electron chi connectivity index (χ0n) is 10.5. The Morgan fingerprint density at radius 3 is 1.54 bits per heavy atom. The van der Waals surface area contributed by atoms with E-state index in [1.165, 1.54) is 25.7 Å². The molecule has 80 valence electrons. The van der Waals surface area contributed by atoms with Crippen molar-refractivity contribution >= 4 is 0 Å². The van der Waals surface area contributed by atoms with Crippen molar-refractivity contribution in [1.82, 2.24) is 0 Å². The molecule has 0 N–H and O–H groups in total. The second-order valence-corrected chi connectivity index (χ2v) is 4.73. The van der Waals surface area contributed by atoms with Gasteiger partial charge in [-0.25, -0.2) is 0 Å². The van der Waals surface area contributed by atoms with E-state index in [1.54, 1.807) is 0 Å². The molecule has 0 heterocycles. The van der Waals surface area contributed by atoms with E-state index in [-0.39, 0.29) is 0 Å². The van der Waals surface area contributed by atoms with Gasteiger partial charge in [0.05, 0.1) is 0 Å². The summed E-state index contributed by atoms with van der Waals surface area (Å²) >= 11 is 0. The molecule has 1 atom stereocenters. The summed E-state index contributed by atoms with van der Waals surface area (Å²) in [5, 5.41) is 0. The summed E-state index contributed by atoms with van der Waals surface area (Å²) in [6.45, 7) is 14.2. The predicted octanol–water partition coefficient (Wildman–Crippen LogP) is 4.89. The van der Waals surface area contributed by atoms with Gasteiger partial charge in [-0.05, 0) is 17.3 Å². The molecule has 0 aliphatic heterocycles. The largest absolute Gasteiger partial charge is 0.0651 e. The van der Waals surface area contributed by atoms with E-state index in [4.69, 9.17) is 0 Å². The second kappa shape index (κ2) is 5.67. The minimum Gasteiger partial charge on any atom is -0.0651 e. The first-order valence-corrected chi connectivity index (χ1v) is 6.05. The van der Waals surface area contributed by atoms with Gasteiger partial charge >= 0.3 is 0 Å². The summed E-state index contributed by atoms with van der Waals surface area (Å²) in [4.78, 5) is 0. The number of hydrogen-bond acceptors (Lipinski definition) is 0. The van der Waals surface area contributed by atoms with Crippen LogP contribution in [0.15, 0.2) is 0 Å². The maximum Gasteiger partial charge on any atom is -0.0303 e. The lowest BCUT2D eigenvalue weighted by atomic mass is 9.67. The van der Waals surface area contributed by atoms with Gasteiger partial charge in [-0.2, -0.15) is 0 Å². The molecule has 0 bridgehead atoms. The van der Waals surface area contributed by atoms with E-state index in [9.17, 15) is 0 Å². The van der Waals surface area contributed by atoms with Crippen LogP contribution < -0.4 is 0 Å². The van der Waals surface area contributed by atoms with Crippen LogP contribution in [0.3, 0.4) is 0 Å². The zero-order chi connectivity index (χ0) is 10.5. The Kier molecular flexibility index (Phi) is 5.67. The normalized spacial score (nSPS) is 15.0. The van der Waals surface area contributed by atoms with Crippen molar-refractivity contribution in [2.24, 2.45) is 17.3 Å². The second-order valence-electron chi connectivity index (χ2n) is 4.73. The highest BCUT2D eigenvalue weighted by Gasteiger charge is 2.31. The van der Waals surface area contributed by atoms with Crippen LogP contribution in [0.2, 0.25) is 0 Å². The Labute approximate surface area is 85.1 Å². The fourth-order valence-electron chi connectivity index (χ4n) is 2.46. The van der Waals surface area contributed by atoms with E-state index in [0.717, 1.165) is 11.8 Å². The van der Waals surface area contributed by atoms with Crippen molar-refractivity contribution in [1.29, 1.82) is 0 Å². The summed E-state index contributed by atoms with van der Waals surface area (Å²) in [7, 11) is 0. The van der Waals surface area contributed by atoms with Crippen LogP contribution in [0, 0.1) is 17.3 Å². The molecule has 0 radical (unpaired) electrons. The minimum atomic E-state index is 0.566. The van der Waals surface area contributed by atoms with Gasteiger partial charge in [0, 0.05) is 0 Å². The van der Waals surface area contributed by atoms with Crippen molar-refractivity contribution in [3.05, 3.63) is 0 Å². The smallest absolute Gasteiger partial charge is 0.0303 e. The van der Waals surface area contributed by atoms with E-state index < -0.39 is 0 Å². The highest BCUT2D eigenvalue weighted by molar-refractivity contribution is 4.81. The van der Waals surface area contributed by atoms with Gasteiger partial charge in [0.25, 0.3) is 0 Å². The first-order valence-electron chi connectivity index (χ1n) is 6.05. The lowest BCUT2D eigenvalue weighted by molar-refractivity contribution is 0.116. The van der Waals surface area contributed by atoms with Crippen LogP contribution in [-0.4, -0.2) is 0 Å². The van der Waals surface area contributed by atoms with Gasteiger partial charge in [-0.15, -0.1) is 0 Å². The maximum absolute atomic E-state index is 2.45. The molecule has 0 fully saturated rings. The Balaban J connectivity index is 4.42. The molecule has 0 rings (SSSR count). The van der Waals surface area contributed by atoms with Gasteiger partial charge in [0.2, 0.25) is 0 Å². The van der Waals surface area contributed by atoms with Crippen molar-refractivity contribution in [2.75, 3.05) is 0 Å². The Hall–Kier alpha value is 0. The van der Waals surface area contributed by atoms with Crippen LogP contribution in [0.4, 0.5) is 0 Å². The van der Waals surface area contributed by atoms with Crippen molar-refractivity contribution in [2.45, 2.75) is 67.2 Å². The maximum atomic E-state index is 2.45. The molecule has 0 amide bonds. The summed E-state index contributed by atoms with van der Waals surface area (Å²) < 4.78 is 0. The van der Waals surface area contributed by atoms with Gasteiger partial charge < -0.3 is 0 Å². The van der Waals surface area contributed by atoms with Gasteiger partial charge in [-0.1, -0.05) is 67.2 Å². The Bertz CT molecular complexity index is 118. The average molecular weight is 184 g/mol.